The van der Waals surface area contributed by atoms with Gasteiger partial charge in [0.2, 0.25) is 11.8 Å². The lowest BCUT2D eigenvalue weighted by Gasteiger charge is -2.32. The third-order valence-electron chi connectivity index (χ3n) is 5.70. The molecule has 0 fully saturated rings. The van der Waals surface area contributed by atoms with Crippen LogP contribution in [0.25, 0.3) is 0 Å². The van der Waals surface area contributed by atoms with Gasteiger partial charge in [-0.1, -0.05) is 80.6 Å². The average molecular weight is 508 g/mol. The molecule has 7 nitrogen and oxygen atoms in total. The number of hydrogen-bond donors (Lipinski definition) is 1. The summed E-state index contributed by atoms with van der Waals surface area (Å²) in [6.07, 6.45) is 0. The number of hydrogen-bond acceptors (Lipinski definition) is 4. The molecule has 0 bridgehead atoms. The van der Waals surface area contributed by atoms with Gasteiger partial charge in [0.1, 0.15) is 12.6 Å². The first-order valence-corrected chi connectivity index (χ1v) is 13.4. The second-order valence-electron chi connectivity index (χ2n) is 8.98. The lowest BCUT2D eigenvalue weighted by molar-refractivity contribution is -0.139. The fourth-order valence-electron chi connectivity index (χ4n) is 3.66. The largest absolute Gasteiger partial charge is 0.354 e. The molecule has 3 aromatic carbocycles. The van der Waals surface area contributed by atoms with Gasteiger partial charge in [-0.3, -0.25) is 13.9 Å². The summed E-state index contributed by atoms with van der Waals surface area (Å²) in [5.74, 6) is -0.511. The van der Waals surface area contributed by atoms with Crippen LogP contribution in [0.3, 0.4) is 0 Å². The first kappa shape index (κ1) is 26.9. The van der Waals surface area contributed by atoms with Gasteiger partial charge in [0.05, 0.1) is 10.6 Å². The summed E-state index contributed by atoms with van der Waals surface area (Å²) in [6, 6.07) is 25.1. The highest BCUT2D eigenvalue weighted by atomic mass is 32.2. The Bertz CT molecular complexity index is 1230. The minimum Gasteiger partial charge on any atom is -0.354 e. The number of carbonyl (C=O) groups is 2. The number of rotatable bonds is 11. The Morgan fingerprint density at radius 2 is 1.33 bits per heavy atom. The fourth-order valence-corrected chi connectivity index (χ4v) is 5.09. The second kappa shape index (κ2) is 12.4. The van der Waals surface area contributed by atoms with E-state index < -0.39 is 28.5 Å². The number of nitrogens with zero attached hydrogens (tertiary/aromatic N) is 2. The summed E-state index contributed by atoms with van der Waals surface area (Å²) >= 11 is 0. The van der Waals surface area contributed by atoms with Crippen molar-refractivity contribution in [1.29, 1.82) is 0 Å². The summed E-state index contributed by atoms with van der Waals surface area (Å²) in [6.45, 7) is 5.85. The van der Waals surface area contributed by atoms with E-state index >= 15 is 0 Å². The highest BCUT2D eigenvalue weighted by Crippen LogP contribution is 2.24. The van der Waals surface area contributed by atoms with Crippen LogP contribution in [0.5, 0.6) is 0 Å². The molecular formula is C28H33N3O4S. The van der Waals surface area contributed by atoms with Crippen molar-refractivity contribution in [1.82, 2.24) is 10.2 Å². The molecular weight excluding hydrogens is 474 g/mol. The molecule has 0 aromatic heterocycles. The van der Waals surface area contributed by atoms with E-state index in [9.17, 15) is 18.0 Å². The molecule has 8 heteroatoms. The molecule has 0 radical (unpaired) electrons. The zero-order valence-corrected chi connectivity index (χ0v) is 21.7. The minimum atomic E-state index is -4.04. The standard InChI is InChI=1S/C28H33N3O4S/c1-22(2)19-29-28(33)23(3)30(20-24-13-7-4-8-14-24)27(32)21-31(25-15-9-5-10-16-25)36(34,35)26-17-11-6-12-18-26/h4-18,22-23H,19-21H2,1-3H3,(H,29,33). The Labute approximate surface area is 213 Å². The first-order valence-electron chi connectivity index (χ1n) is 11.9. The Hall–Kier alpha value is -3.65. The average Bonchev–Trinajstić information content (AvgIpc) is 2.90. The number of amides is 2. The molecule has 0 aliphatic heterocycles. The summed E-state index contributed by atoms with van der Waals surface area (Å²) in [4.78, 5) is 28.2. The van der Waals surface area contributed by atoms with Crippen LogP contribution in [0.15, 0.2) is 95.9 Å². The van der Waals surface area contributed by atoms with Crippen LogP contribution in [-0.2, 0) is 26.2 Å². The van der Waals surface area contributed by atoms with E-state index in [0.29, 0.717) is 12.2 Å². The molecule has 1 unspecified atom stereocenters. The van der Waals surface area contributed by atoms with Crippen molar-refractivity contribution >= 4 is 27.5 Å². The normalized spacial score (nSPS) is 12.1. The SMILES string of the molecule is CC(C)CNC(=O)C(C)N(Cc1ccccc1)C(=O)CN(c1ccccc1)S(=O)(=O)c1ccccc1. The van der Waals surface area contributed by atoms with Gasteiger partial charge in [-0.15, -0.1) is 0 Å². The van der Waals surface area contributed by atoms with E-state index in [2.05, 4.69) is 5.32 Å². The highest BCUT2D eigenvalue weighted by molar-refractivity contribution is 7.92. The lowest BCUT2D eigenvalue weighted by Crippen LogP contribution is -2.51. The quantitative estimate of drug-likeness (QED) is 0.424. The fraction of sp³-hybridized carbons (Fsp3) is 0.286. The predicted octanol–water partition coefficient (Wildman–Crippen LogP) is 4.07. The third kappa shape index (κ3) is 6.95. The van der Waals surface area contributed by atoms with Crippen LogP contribution >= 0.6 is 0 Å². The maximum atomic E-state index is 13.7. The van der Waals surface area contributed by atoms with Crippen LogP contribution in [-0.4, -0.2) is 44.3 Å². The van der Waals surface area contributed by atoms with E-state index in [1.54, 1.807) is 55.5 Å². The summed E-state index contributed by atoms with van der Waals surface area (Å²) in [7, 11) is -4.04. The molecule has 0 aliphatic rings. The zero-order chi connectivity index (χ0) is 26.1. The molecule has 36 heavy (non-hydrogen) atoms. The van der Waals surface area contributed by atoms with Crippen LogP contribution < -0.4 is 9.62 Å². The Balaban J connectivity index is 1.95. The number of nitrogens with one attached hydrogen (secondary N) is 1. The number of benzene rings is 3. The zero-order valence-electron chi connectivity index (χ0n) is 20.9. The van der Waals surface area contributed by atoms with E-state index in [0.717, 1.165) is 9.87 Å². The molecule has 0 saturated carbocycles. The Morgan fingerprint density at radius 3 is 1.89 bits per heavy atom. The third-order valence-corrected chi connectivity index (χ3v) is 7.49. The lowest BCUT2D eigenvalue weighted by atomic mass is 10.1. The number of carbonyl (C=O) groups excluding carboxylic acids is 2. The van der Waals surface area contributed by atoms with Gasteiger partial charge in [0.15, 0.2) is 0 Å². The van der Waals surface area contributed by atoms with Crippen molar-refractivity contribution in [2.75, 3.05) is 17.4 Å². The van der Waals surface area contributed by atoms with Crippen LogP contribution in [0.2, 0.25) is 0 Å². The van der Waals surface area contributed by atoms with Gasteiger partial charge in [0.25, 0.3) is 10.0 Å². The summed E-state index contributed by atoms with van der Waals surface area (Å²) < 4.78 is 28.3. The van der Waals surface area contributed by atoms with E-state index in [4.69, 9.17) is 0 Å². The number of para-hydroxylation sites is 1. The van der Waals surface area contributed by atoms with Gasteiger partial charge >= 0.3 is 0 Å². The Kier molecular flexibility index (Phi) is 9.25. The van der Waals surface area contributed by atoms with Gasteiger partial charge in [-0.05, 0) is 42.7 Å². The molecule has 0 spiro atoms. The Morgan fingerprint density at radius 1 is 0.806 bits per heavy atom. The van der Waals surface area contributed by atoms with Crippen LogP contribution in [0.1, 0.15) is 26.3 Å². The van der Waals surface area contributed by atoms with Crippen molar-refractivity contribution in [3.05, 3.63) is 96.6 Å². The minimum absolute atomic E-state index is 0.0824. The topological polar surface area (TPSA) is 86.8 Å². The molecule has 2 amide bonds. The van der Waals surface area contributed by atoms with E-state index in [-0.39, 0.29) is 23.3 Å². The monoisotopic (exact) mass is 507 g/mol. The van der Waals surface area contributed by atoms with Crippen molar-refractivity contribution in [3.63, 3.8) is 0 Å². The smallest absolute Gasteiger partial charge is 0.264 e. The van der Waals surface area contributed by atoms with Gasteiger partial charge in [-0.2, -0.15) is 0 Å². The maximum Gasteiger partial charge on any atom is 0.264 e. The van der Waals surface area contributed by atoms with Crippen molar-refractivity contribution in [2.45, 2.75) is 38.3 Å². The van der Waals surface area contributed by atoms with Gasteiger partial charge < -0.3 is 10.2 Å². The molecule has 190 valence electrons. The van der Waals surface area contributed by atoms with Crippen molar-refractivity contribution < 1.29 is 18.0 Å². The molecule has 0 aliphatic carbocycles. The van der Waals surface area contributed by atoms with E-state index in [1.165, 1.54) is 17.0 Å². The molecule has 1 atom stereocenters. The van der Waals surface area contributed by atoms with Crippen LogP contribution in [0.4, 0.5) is 5.69 Å². The molecule has 1 N–H and O–H groups in total. The highest BCUT2D eigenvalue weighted by Gasteiger charge is 2.32. The number of sulfonamides is 1. The second-order valence-corrected chi connectivity index (χ2v) is 10.8. The van der Waals surface area contributed by atoms with Crippen molar-refractivity contribution in [2.24, 2.45) is 5.92 Å². The maximum absolute atomic E-state index is 13.7. The molecule has 0 heterocycles. The van der Waals surface area contributed by atoms with Gasteiger partial charge in [-0.25, -0.2) is 8.42 Å². The molecule has 0 saturated heterocycles. The summed E-state index contributed by atoms with van der Waals surface area (Å²) in [5, 5.41) is 2.88. The van der Waals surface area contributed by atoms with Crippen LogP contribution in [0, 0.1) is 5.92 Å². The number of anilines is 1. The van der Waals surface area contributed by atoms with Gasteiger partial charge in [0, 0.05) is 13.1 Å². The first-order chi connectivity index (χ1) is 17.2. The van der Waals surface area contributed by atoms with Crippen molar-refractivity contribution in [3.8, 4) is 0 Å². The molecule has 3 rings (SSSR count). The summed E-state index contributed by atoms with van der Waals surface area (Å²) in [5.41, 5.74) is 1.21. The predicted molar refractivity (Wildman–Crippen MR) is 142 cm³/mol. The molecule has 3 aromatic rings. The van der Waals surface area contributed by atoms with E-state index in [1.807, 2.05) is 44.2 Å².